The molecule has 2 aliphatic heterocycles. The number of rotatable bonds is 6. The lowest BCUT2D eigenvalue weighted by molar-refractivity contribution is -0.127. The number of likely N-dealkylation sites (N-methyl/N-ethyl adjacent to an activating group) is 1. The van der Waals surface area contributed by atoms with E-state index in [9.17, 15) is 9.59 Å². The van der Waals surface area contributed by atoms with Crippen molar-refractivity contribution in [3.8, 4) is 11.5 Å². The Balaban J connectivity index is 1.57. The minimum atomic E-state index is -0.656. The van der Waals surface area contributed by atoms with E-state index in [1.165, 1.54) is 4.90 Å². The number of hydrogen-bond acceptors (Lipinski definition) is 8. The molecule has 0 radical (unpaired) electrons. The smallest absolute Gasteiger partial charge is 0.325 e. The first-order chi connectivity index (χ1) is 15.5. The van der Waals surface area contributed by atoms with Crippen LogP contribution >= 0.6 is 0 Å². The average molecular weight is 436 g/mol. The van der Waals surface area contributed by atoms with Crippen LogP contribution in [0.4, 0.5) is 4.79 Å². The second-order valence-corrected chi connectivity index (χ2v) is 7.31. The molecule has 0 bridgehead atoms. The van der Waals surface area contributed by atoms with E-state index in [1.54, 1.807) is 39.6 Å². The monoisotopic (exact) mass is 436 g/mol. The average Bonchev–Trinajstić information content (AvgIpc) is 3.16. The van der Waals surface area contributed by atoms with Crippen molar-refractivity contribution in [2.75, 3.05) is 21.3 Å². The number of aliphatic imine (C=N–C) groups is 1. The molecule has 2 N–H and O–H groups in total. The normalized spacial score (nSPS) is 20.2. The van der Waals surface area contributed by atoms with Gasteiger partial charge in [-0.2, -0.15) is 5.10 Å². The molecule has 4 rings (SSSR count). The Bertz CT molecular complexity index is 1070. The van der Waals surface area contributed by atoms with Gasteiger partial charge in [-0.1, -0.05) is 30.3 Å². The van der Waals surface area contributed by atoms with Crippen LogP contribution in [0.2, 0.25) is 0 Å². The molecule has 2 heterocycles. The van der Waals surface area contributed by atoms with E-state index in [0.29, 0.717) is 24.0 Å². The molecule has 2 unspecified atom stereocenters. The third kappa shape index (κ3) is 4.07. The molecule has 3 amide bonds. The summed E-state index contributed by atoms with van der Waals surface area (Å²) < 4.78 is 10.6. The minimum Gasteiger partial charge on any atom is -0.493 e. The largest absolute Gasteiger partial charge is 0.493 e. The molecule has 10 nitrogen and oxygen atoms in total. The first kappa shape index (κ1) is 21.2. The summed E-state index contributed by atoms with van der Waals surface area (Å²) in [5.41, 5.74) is 4.72. The summed E-state index contributed by atoms with van der Waals surface area (Å²) in [6, 6.07) is 14.0. The minimum absolute atomic E-state index is 0.390. The van der Waals surface area contributed by atoms with Gasteiger partial charge < -0.3 is 19.3 Å². The summed E-state index contributed by atoms with van der Waals surface area (Å²) in [5.74, 6) is 1.22. The number of carbonyl (C=O) groups excluding carboxylic acids is 2. The van der Waals surface area contributed by atoms with Crippen LogP contribution < -0.4 is 20.2 Å². The molecular formula is C22H24N6O4. The molecule has 10 heteroatoms. The van der Waals surface area contributed by atoms with Crippen LogP contribution in [0.5, 0.6) is 11.5 Å². The third-order valence-electron chi connectivity index (χ3n) is 5.34. The molecular weight excluding hydrogens is 412 g/mol. The summed E-state index contributed by atoms with van der Waals surface area (Å²) in [4.78, 5) is 32.5. The van der Waals surface area contributed by atoms with Gasteiger partial charge in [0.2, 0.25) is 5.96 Å². The van der Waals surface area contributed by atoms with Crippen LogP contribution in [-0.2, 0) is 11.3 Å². The molecule has 2 aromatic carbocycles. The zero-order valence-corrected chi connectivity index (χ0v) is 18.0. The number of urea groups is 1. The lowest BCUT2D eigenvalue weighted by Crippen LogP contribution is -2.63. The molecule has 2 atom stereocenters. The number of hydrazone groups is 1. The highest BCUT2D eigenvalue weighted by atomic mass is 16.5. The van der Waals surface area contributed by atoms with Crippen molar-refractivity contribution in [3.05, 3.63) is 59.7 Å². The summed E-state index contributed by atoms with van der Waals surface area (Å²) in [6.45, 7) is 0.426. The maximum absolute atomic E-state index is 12.6. The molecule has 2 aliphatic rings. The van der Waals surface area contributed by atoms with E-state index in [1.807, 2.05) is 41.3 Å². The van der Waals surface area contributed by atoms with Crippen molar-refractivity contribution < 1.29 is 19.1 Å². The maximum atomic E-state index is 12.6. The van der Waals surface area contributed by atoms with E-state index in [2.05, 4.69) is 20.8 Å². The summed E-state index contributed by atoms with van der Waals surface area (Å²) in [5, 5.41) is 6.68. The zero-order chi connectivity index (χ0) is 22.7. The predicted molar refractivity (Wildman–Crippen MR) is 119 cm³/mol. The van der Waals surface area contributed by atoms with Crippen LogP contribution in [0.25, 0.3) is 0 Å². The van der Waals surface area contributed by atoms with Gasteiger partial charge in [-0.15, -0.1) is 0 Å². The van der Waals surface area contributed by atoms with Crippen molar-refractivity contribution in [3.63, 3.8) is 0 Å². The van der Waals surface area contributed by atoms with Gasteiger partial charge in [-0.3, -0.25) is 10.1 Å². The number of nitrogens with one attached hydrogen (secondary N) is 2. The third-order valence-corrected chi connectivity index (χ3v) is 5.34. The molecule has 1 fully saturated rings. The molecule has 0 aromatic heterocycles. The Morgan fingerprint density at radius 1 is 1.12 bits per heavy atom. The Hall–Kier alpha value is -4.08. The fourth-order valence-electron chi connectivity index (χ4n) is 3.67. The van der Waals surface area contributed by atoms with Crippen molar-refractivity contribution in [2.24, 2.45) is 10.1 Å². The van der Waals surface area contributed by atoms with Crippen LogP contribution in [0, 0.1) is 0 Å². The van der Waals surface area contributed by atoms with E-state index in [-0.39, 0.29) is 0 Å². The lowest BCUT2D eigenvalue weighted by Gasteiger charge is -2.36. The van der Waals surface area contributed by atoms with Crippen LogP contribution in [0.15, 0.2) is 58.6 Å². The molecule has 0 aliphatic carbocycles. The van der Waals surface area contributed by atoms with Crippen LogP contribution in [-0.4, -0.2) is 67.4 Å². The number of imide groups is 1. The number of fused-ring (bicyclic) bond motifs is 1. The molecule has 32 heavy (non-hydrogen) atoms. The van der Waals surface area contributed by atoms with Gasteiger partial charge in [0.1, 0.15) is 0 Å². The van der Waals surface area contributed by atoms with Crippen LogP contribution in [0.1, 0.15) is 11.1 Å². The van der Waals surface area contributed by atoms with E-state index in [4.69, 9.17) is 9.47 Å². The van der Waals surface area contributed by atoms with Gasteiger partial charge in [0.15, 0.2) is 23.7 Å². The topological polar surface area (TPSA) is 108 Å². The van der Waals surface area contributed by atoms with Crippen molar-refractivity contribution in [1.82, 2.24) is 20.5 Å². The SMILES string of the molecule is COc1ccc(/C=N/NC2=NC3C(C(=O)NC(=O)N3C)N2Cc2ccccc2)cc1OC. The Morgan fingerprint density at radius 3 is 2.59 bits per heavy atom. The number of hydrogen-bond donors (Lipinski definition) is 2. The number of guanidine groups is 1. The zero-order valence-electron chi connectivity index (χ0n) is 18.0. The molecule has 2 aromatic rings. The highest BCUT2D eigenvalue weighted by Gasteiger charge is 2.48. The lowest BCUT2D eigenvalue weighted by atomic mass is 10.1. The van der Waals surface area contributed by atoms with E-state index < -0.39 is 24.1 Å². The van der Waals surface area contributed by atoms with Crippen molar-refractivity contribution >= 4 is 24.1 Å². The molecule has 0 saturated carbocycles. The van der Waals surface area contributed by atoms with Gasteiger partial charge in [-0.05, 0) is 29.3 Å². The Labute approximate surface area is 185 Å². The standard InChI is InChI=1S/C22H24N6O4/c1-27-19-18(20(29)25-22(27)30)28(13-14-7-5-4-6-8-14)21(24-19)26-23-12-15-9-10-16(31-2)17(11-15)32-3/h4-12,18-19H,13H2,1-3H3,(H,24,26)(H,25,29,30)/b23-12+. The van der Waals surface area contributed by atoms with Gasteiger partial charge in [0, 0.05) is 13.6 Å². The molecule has 1 saturated heterocycles. The summed E-state index contributed by atoms with van der Waals surface area (Å²) in [6.07, 6.45) is 0.973. The first-order valence-corrected chi connectivity index (χ1v) is 9.99. The second kappa shape index (κ2) is 8.96. The molecule has 0 spiro atoms. The van der Waals surface area contributed by atoms with Gasteiger partial charge in [-0.25, -0.2) is 15.2 Å². The fraction of sp³-hybridized carbons (Fsp3) is 0.273. The van der Waals surface area contributed by atoms with E-state index in [0.717, 1.165) is 11.1 Å². The number of carbonyl (C=O) groups is 2. The second-order valence-electron chi connectivity index (χ2n) is 7.31. The quantitative estimate of drug-likeness (QED) is 0.523. The number of benzene rings is 2. The Kier molecular flexibility index (Phi) is 5.93. The highest BCUT2D eigenvalue weighted by molar-refractivity contribution is 6.03. The van der Waals surface area contributed by atoms with Gasteiger partial charge in [0.25, 0.3) is 5.91 Å². The molecule has 166 valence electrons. The van der Waals surface area contributed by atoms with E-state index >= 15 is 0 Å². The van der Waals surface area contributed by atoms with Gasteiger partial charge in [0.05, 0.1) is 20.4 Å². The Morgan fingerprint density at radius 2 is 1.88 bits per heavy atom. The van der Waals surface area contributed by atoms with Crippen molar-refractivity contribution in [1.29, 1.82) is 0 Å². The summed E-state index contributed by atoms with van der Waals surface area (Å²) >= 11 is 0. The number of amides is 3. The fourth-order valence-corrected chi connectivity index (χ4v) is 3.67. The van der Waals surface area contributed by atoms with Crippen molar-refractivity contribution in [2.45, 2.75) is 18.8 Å². The summed E-state index contributed by atoms with van der Waals surface area (Å²) in [7, 11) is 4.75. The van der Waals surface area contributed by atoms with Gasteiger partial charge >= 0.3 is 6.03 Å². The number of ether oxygens (including phenoxy) is 2. The van der Waals surface area contributed by atoms with Crippen LogP contribution in [0.3, 0.4) is 0 Å². The number of nitrogens with zero attached hydrogens (tertiary/aromatic N) is 4. The maximum Gasteiger partial charge on any atom is 0.325 e. The first-order valence-electron chi connectivity index (χ1n) is 9.99. The number of methoxy groups -OCH3 is 2. The predicted octanol–water partition coefficient (Wildman–Crippen LogP) is 1.38. The highest BCUT2D eigenvalue weighted by Crippen LogP contribution is 2.27.